The third-order valence-corrected chi connectivity index (χ3v) is 7.87. The Kier molecular flexibility index (Phi) is 8.96. The van der Waals surface area contributed by atoms with Gasteiger partial charge in [0.15, 0.2) is 5.82 Å². The summed E-state index contributed by atoms with van der Waals surface area (Å²) in [5, 5.41) is 4.03. The van der Waals surface area contributed by atoms with E-state index in [1.165, 1.54) is 5.56 Å². The van der Waals surface area contributed by atoms with Gasteiger partial charge in [0, 0.05) is 17.5 Å². The number of nitrogens with one attached hydrogen (secondary N) is 1. The minimum absolute atomic E-state index is 0.234. The molecule has 0 aliphatic carbocycles. The van der Waals surface area contributed by atoms with Crippen LogP contribution >= 0.6 is 0 Å². The molecule has 1 heterocycles. The Hall–Kier alpha value is -4.67. The number of aromatic nitrogens is 1. The lowest BCUT2D eigenvalue weighted by Gasteiger charge is -2.15. The molecular formula is C39H37FN2O. The molecule has 0 aliphatic heterocycles. The maximum atomic E-state index is 16.7. The Labute approximate surface area is 253 Å². The van der Waals surface area contributed by atoms with Crippen molar-refractivity contribution in [2.24, 2.45) is 0 Å². The first-order chi connectivity index (χ1) is 21.2. The van der Waals surface area contributed by atoms with Gasteiger partial charge < -0.3 is 14.6 Å². The smallest absolute Gasteiger partial charge is 0.156 e. The lowest BCUT2D eigenvalue weighted by molar-refractivity contribution is 0.306. The number of hydrogen-bond acceptors (Lipinski definition) is 2. The maximum Gasteiger partial charge on any atom is 0.156 e. The summed E-state index contributed by atoms with van der Waals surface area (Å²) in [7, 11) is 0. The van der Waals surface area contributed by atoms with Crippen LogP contribution < -0.4 is 10.1 Å². The van der Waals surface area contributed by atoms with E-state index in [-0.39, 0.29) is 5.82 Å². The summed E-state index contributed by atoms with van der Waals surface area (Å²) in [6, 6.07) is 42.8. The third-order valence-electron chi connectivity index (χ3n) is 7.87. The standard InChI is InChI=1S/C39H37FN2O/c1-2-24-41-25-23-29-17-19-30(20-18-29)27-42-37-22-21-33(43-28-31-11-5-3-6-12-31)26-36(37)38(40)39(42)35-16-10-9-15-34(35)32-13-7-4-8-14-32/h3-22,26,41H,2,23-25,27-28H2,1H3. The van der Waals surface area contributed by atoms with Crippen molar-refractivity contribution in [1.82, 2.24) is 9.88 Å². The molecule has 5 aromatic carbocycles. The van der Waals surface area contributed by atoms with E-state index in [2.05, 4.69) is 59.3 Å². The highest BCUT2D eigenvalue weighted by atomic mass is 19.1. The van der Waals surface area contributed by atoms with Gasteiger partial charge >= 0.3 is 0 Å². The highest BCUT2D eigenvalue weighted by molar-refractivity contribution is 5.93. The van der Waals surface area contributed by atoms with Crippen molar-refractivity contribution < 1.29 is 9.13 Å². The average molecular weight is 569 g/mol. The van der Waals surface area contributed by atoms with Crippen LogP contribution in [0.25, 0.3) is 33.3 Å². The molecule has 0 fully saturated rings. The fraction of sp³-hybridized carbons (Fsp3) is 0.179. The number of fused-ring (bicyclic) bond motifs is 1. The third kappa shape index (κ3) is 6.55. The van der Waals surface area contributed by atoms with Gasteiger partial charge in [-0.1, -0.05) is 116 Å². The number of rotatable bonds is 12. The molecule has 0 unspecified atom stereocenters. The minimum Gasteiger partial charge on any atom is -0.489 e. The van der Waals surface area contributed by atoms with Crippen LogP contribution in [0.3, 0.4) is 0 Å². The van der Waals surface area contributed by atoms with Crippen molar-refractivity contribution in [2.75, 3.05) is 13.1 Å². The Bertz CT molecular complexity index is 1780. The molecule has 1 aromatic heterocycles. The van der Waals surface area contributed by atoms with Crippen LogP contribution in [0.15, 0.2) is 127 Å². The van der Waals surface area contributed by atoms with Crippen molar-refractivity contribution >= 4 is 10.9 Å². The summed E-state index contributed by atoms with van der Waals surface area (Å²) < 4.78 is 24.9. The highest BCUT2D eigenvalue weighted by Crippen LogP contribution is 2.39. The van der Waals surface area contributed by atoms with E-state index in [0.717, 1.165) is 59.3 Å². The molecule has 1 N–H and O–H groups in total. The van der Waals surface area contributed by atoms with Crippen LogP contribution in [0, 0.1) is 5.82 Å². The highest BCUT2D eigenvalue weighted by Gasteiger charge is 2.22. The summed E-state index contributed by atoms with van der Waals surface area (Å²) >= 11 is 0. The van der Waals surface area contributed by atoms with E-state index in [1.807, 2.05) is 84.9 Å². The maximum absolute atomic E-state index is 16.7. The monoisotopic (exact) mass is 568 g/mol. The second-order valence-corrected chi connectivity index (χ2v) is 10.9. The molecule has 6 aromatic rings. The number of hydrogen-bond donors (Lipinski definition) is 1. The van der Waals surface area contributed by atoms with Crippen LogP contribution in [0.4, 0.5) is 4.39 Å². The normalized spacial score (nSPS) is 11.2. The van der Waals surface area contributed by atoms with Crippen molar-refractivity contribution in [3.63, 3.8) is 0 Å². The quantitative estimate of drug-likeness (QED) is 0.149. The molecule has 0 bridgehead atoms. The molecule has 4 heteroatoms. The van der Waals surface area contributed by atoms with Gasteiger partial charge in [0.2, 0.25) is 0 Å². The van der Waals surface area contributed by atoms with Gasteiger partial charge in [-0.2, -0.15) is 0 Å². The predicted octanol–water partition coefficient (Wildman–Crippen LogP) is 9.28. The second-order valence-electron chi connectivity index (χ2n) is 10.9. The molecule has 0 spiro atoms. The first-order valence-electron chi connectivity index (χ1n) is 15.1. The zero-order chi connectivity index (χ0) is 29.4. The van der Waals surface area contributed by atoms with Crippen LogP contribution in [-0.2, 0) is 19.6 Å². The van der Waals surface area contributed by atoms with Crippen molar-refractivity contribution in [3.05, 3.63) is 150 Å². The summed E-state index contributed by atoms with van der Waals surface area (Å²) in [6.07, 6.45) is 2.12. The summed E-state index contributed by atoms with van der Waals surface area (Å²) in [4.78, 5) is 0. The van der Waals surface area contributed by atoms with Gasteiger partial charge in [0.05, 0.1) is 11.2 Å². The predicted molar refractivity (Wildman–Crippen MR) is 176 cm³/mol. The van der Waals surface area contributed by atoms with Crippen LogP contribution in [0.1, 0.15) is 30.0 Å². The molecule has 0 aliphatic rings. The van der Waals surface area contributed by atoms with Gasteiger partial charge in [-0.05, 0) is 71.9 Å². The number of nitrogens with zero attached hydrogens (tertiary/aromatic N) is 1. The fourth-order valence-electron chi connectivity index (χ4n) is 5.64. The Morgan fingerprint density at radius 1 is 0.674 bits per heavy atom. The molecule has 0 saturated carbocycles. The Morgan fingerprint density at radius 3 is 2.09 bits per heavy atom. The first-order valence-corrected chi connectivity index (χ1v) is 15.1. The van der Waals surface area contributed by atoms with Crippen molar-refractivity contribution in [2.45, 2.75) is 32.9 Å². The fourth-order valence-corrected chi connectivity index (χ4v) is 5.64. The molecule has 6 rings (SSSR count). The summed E-state index contributed by atoms with van der Waals surface area (Å²) in [5.74, 6) is 0.415. The SMILES string of the molecule is CCCNCCc1ccc(Cn2c(-c3ccccc3-c3ccccc3)c(F)c3cc(OCc4ccccc4)ccc32)cc1. The van der Waals surface area contributed by atoms with Gasteiger partial charge in [-0.3, -0.25) is 0 Å². The minimum atomic E-state index is -0.234. The number of halogens is 1. The van der Waals surface area contributed by atoms with E-state index < -0.39 is 0 Å². The summed E-state index contributed by atoms with van der Waals surface area (Å²) in [5.41, 5.74) is 7.85. The molecule has 0 amide bonds. The van der Waals surface area contributed by atoms with Crippen LogP contribution in [0.5, 0.6) is 5.75 Å². The molecule has 0 atom stereocenters. The molecular weight excluding hydrogens is 531 g/mol. The molecule has 0 saturated heterocycles. The van der Waals surface area contributed by atoms with E-state index in [0.29, 0.717) is 30.0 Å². The van der Waals surface area contributed by atoms with Crippen molar-refractivity contribution in [1.29, 1.82) is 0 Å². The van der Waals surface area contributed by atoms with Crippen molar-refractivity contribution in [3.8, 4) is 28.1 Å². The Morgan fingerprint density at radius 2 is 1.35 bits per heavy atom. The first kappa shape index (κ1) is 28.4. The molecule has 3 nitrogen and oxygen atoms in total. The second kappa shape index (κ2) is 13.5. The lowest BCUT2D eigenvalue weighted by atomic mass is 9.97. The van der Waals surface area contributed by atoms with Gasteiger partial charge in [-0.15, -0.1) is 0 Å². The lowest BCUT2D eigenvalue weighted by Crippen LogP contribution is -2.17. The topological polar surface area (TPSA) is 26.2 Å². The zero-order valence-electron chi connectivity index (χ0n) is 24.6. The zero-order valence-corrected chi connectivity index (χ0v) is 24.6. The average Bonchev–Trinajstić information content (AvgIpc) is 3.33. The van der Waals surface area contributed by atoms with Crippen LogP contribution in [0.2, 0.25) is 0 Å². The van der Waals surface area contributed by atoms with E-state index in [1.54, 1.807) is 0 Å². The van der Waals surface area contributed by atoms with Gasteiger partial charge in [0.25, 0.3) is 0 Å². The van der Waals surface area contributed by atoms with E-state index in [4.69, 9.17) is 4.74 Å². The molecule has 216 valence electrons. The van der Waals surface area contributed by atoms with E-state index >= 15 is 4.39 Å². The molecule has 43 heavy (non-hydrogen) atoms. The van der Waals surface area contributed by atoms with Crippen LogP contribution in [-0.4, -0.2) is 17.7 Å². The van der Waals surface area contributed by atoms with E-state index in [9.17, 15) is 0 Å². The number of benzene rings is 5. The number of ether oxygens (including phenoxy) is 1. The molecule has 0 radical (unpaired) electrons. The Balaban J connectivity index is 1.39. The largest absolute Gasteiger partial charge is 0.489 e. The van der Waals surface area contributed by atoms with Gasteiger partial charge in [0.1, 0.15) is 12.4 Å². The van der Waals surface area contributed by atoms with Gasteiger partial charge in [-0.25, -0.2) is 4.39 Å². The summed E-state index contributed by atoms with van der Waals surface area (Å²) in [6.45, 7) is 5.17.